The molecule has 36 heavy (non-hydrogen) atoms. The Morgan fingerprint density at radius 2 is 1.58 bits per heavy atom. The van der Waals surface area contributed by atoms with Crippen LogP contribution in [0.5, 0.6) is 0 Å². The van der Waals surface area contributed by atoms with E-state index in [1.54, 1.807) is 29.7 Å². The molecular weight excluding hydrogens is 473 g/mol. The molecule has 0 atom stereocenters. The second-order valence-corrected chi connectivity index (χ2v) is 10.0. The molecule has 0 spiro atoms. The molecule has 2 N–H and O–H groups in total. The first kappa shape index (κ1) is 22.9. The fourth-order valence-electron chi connectivity index (χ4n) is 4.68. The van der Waals surface area contributed by atoms with Gasteiger partial charge >= 0.3 is 0 Å². The van der Waals surface area contributed by atoms with Crippen LogP contribution in [0.1, 0.15) is 12.8 Å². The summed E-state index contributed by atoms with van der Waals surface area (Å²) >= 11 is 1.63. The molecule has 0 aliphatic carbocycles. The van der Waals surface area contributed by atoms with Crippen molar-refractivity contribution in [2.24, 2.45) is 0 Å². The average molecular weight is 502 g/mol. The third kappa shape index (κ3) is 4.89. The molecule has 0 radical (unpaired) electrons. The zero-order valence-corrected chi connectivity index (χ0v) is 20.8. The van der Waals surface area contributed by atoms with Crippen molar-refractivity contribution in [1.29, 1.82) is 0 Å². The molecule has 6 rings (SSSR count). The second-order valence-electron chi connectivity index (χ2n) is 9.05. The van der Waals surface area contributed by atoms with Crippen LogP contribution in [0.15, 0.2) is 60.8 Å². The summed E-state index contributed by atoms with van der Waals surface area (Å²) in [4.78, 5) is 19.9. The van der Waals surface area contributed by atoms with Crippen LogP contribution in [-0.4, -0.2) is 54.2 Å². The van der Waals surface area contributed by atoms with Gasteiger partial charge in [0.05, 0.1) is 16.3 Å². The van der Waals surface area contributed by atoms with Gasteiger partial charge in [0, 0.05) is 62.4 Å². The number of nitrogens with zero attached hydrogens (tertiary/aromatic N) is 5. The van der Waals surface area contributed by atoms with E-state index in [2.05, 4.69) is 49.7 Å². The maximum absolute atomic E-state index is 13.6. The summed E-state index contributed by atoms with van der Waals surface area (Å²) < 4.78 is 13.6. The summed E-state index contributed by atoms with van der Waals surface area (Å²) in [6.45, 7) is 6.08. The highest BCUT2D eigenvalue weighted by atomic mass is 32.1. The molecule has 0 unspecified atom stereocenters. The van der Waals surface area contributed by atoms with Gasteiger partial charge in [-0.25, -0.2) is 19.3 Å². The van der Waals surface area contributed by atoms with Crippen LogP contribution in [0.3, 0.4) is 0 Å². The third-order valence-corrected chi connectivity index (χ3v) is 7.74. The van der Waals surface area contributed by atoms with Crippen molar-refractivity contribution >= 4 is 33.8 Å². The molecule has 2 aromatic heterocycles. The van der Waals surface area contributed by atoms with Gasteiger partial charge in [0.25, 0.3) is 0 Å². The Labute approximate surface area is 214 Å². The van der Waals surface area contributed by atoms with E-state index in [-0.39, 0.29) is 5.82 Å². The molecule has 4 heterocycles. The first-order chi connectivity index (χ1) is 17.7. The Bertz CT molecular complexity index is 1310. The predicted octanol–water partition coefficient (Wildman–Crippen LogP) is 5.16. The topological polar surface area (TPSA) is 69.2 Å². The number of thiazole rings is 1. The molecule has 2 aliphatic heterocycles. The van der Waals surface area contributed by atoms with E-state index in [0.717, 1.165) is 71.9 Å². The SMILES string of the molecule is Fc1ccc(-c2nc(N3CCCC3)sc2-c2ccnc(Nc3ccc(N4CCNCC4)cc3)n2)cc1. The van der Waals surface area contributed by atoms with E-state index in [1.807, 2.05) is 6.07 Å². The van der Waals surface area contributed by atoms with Gasteiger partial charge in [-0.3, -0.25) is 0 Å². The molecule has 7 nitrogen and oxygen atoms in total. The monoisotopic (exact) mass is 501 g/mol. The van der Waals surface area contributed by atoms with Gasteiger partial charge in [-0.15, -0.1) is 0 Å². The Hall–Kier alpha value is -3.56. The smallest absolute Gasteiger partial charge is 0.227 e. The van der Waals surface area contributed by atoms with Crippen LogP contribution in [0.25, 0.3) is 21.8 Å². The fourth-order valence-corrected chi connectivity index (χ4v) is 5.79. The van der Waals surface area contributed by atoms with Crippen LogP contribution in [0.4, 0.5) is 26.8 Å². The number of benzene rings is 2. The Morgan fingerprint density at radius 3 is 2.33 bits per heavy atom. The molecule has 0 amide bonds. The van der Waals surface area contributed by atoms with E-state index >= 15 is 0 Å². The highest BCUT2D eigenvalue weighted by Gasteiger charge is 2.22. The number of aromatic nitrogens is 3. The van der Waals surface area contributed by atoms with Crippen molar-refractivity contribution in [3.05, 3.63) is 66.6 Å². The number of piperazine rings is 1. The summed E-state index contributed by atoms with van der Waals surface area (Å²) in [6.07, 6.45) is 4.12. The summed E-state index contributed by atoms with van der Waals surface area (Å²) in [7, 11) is 0. The quantitative estimate of drug-likeness (QED) is 0.378. The molecule has 4 aromatic rings. The summed E-state index contributed by atoms with van der Waals surface area (Å²) in [5, 5.41) is 7.72. The maximum atomic E-state index is 13.6. The predicted molar refractivity (Wildman–Crippen MR) is 145 cm³/mol. The van der Waals surface area contributed by atoms with Crippen molar-refractivity contribution in [2.75, 3.05) is 54.4 Å². The largest absolute Gasteiger partial charge is 0.369 e. The Balaban J connectivity index is 1.28. The molecule has 2 aliphatic rings. The zero-order chi connectivity index (χ0) is 24.3. The molecule has 2 aromatic carbocycles. The third-order valence-electron chi connectivity index (χ3n) is 6.60. The van der Waals surface area contributed by atoms with E-state index in [9.17, 15) is 4.39 Å². The van der Waals surface area contributed by atoms with Gasteiger partial charge in [0.2, 0.25) is 5.95 Å². The van der Waals surface area contributed by atoms with Crippen molar-refractivity contribution < 1.29 is 4.39 Å². The van der Waals surface area contributed by atoms with Crippen LogP contribution >= 0.6 is 11.3 Å². The highest BCUT2D eigenvalue weighted by Crippen LogP contribution is 2.40. The van der Waals surface area contributed by atoms with Crippen molar-refractivity contribution in [1.82, 2.24) is 20.3 Å². The number of rotatable bonds is 6. The maximum Gasteiger partial charge on any atom is 0.227 e. The fraction of sp³-hybridized carbons (Fsp3) is 0.296. The lowest BCUT2D eigenvalue weighted by Crippen LogP contribution is -2.43. The van der Waals surface area contributed by atoms with Crippen molar-refractivity contribution in [3.8, 4) is 21.8 Å². The van der Waals surface area contributed by atoms with Gasteiger partial charge < -0.3 is 20.4 Å². The Kier molecular flexibility index (Phi) is 6.48. The first-order valence-corrected chi connectivity index (χ1v) is 13.2. The number of hydrogen-bond donors (Lipinski definition) is 2. The minimum atomic E-state index is -0.258. The first-order valence-electron chi connectivity index (χ1n) is 12.4. The number of anilines is 4. The molecule has 0 bridgehead atoms. The lowest BCUT2D eigenvalue weighted by Gasteiger charge is -2.29. The molecule has 2 fully saturated rings. The lowest BCUT2D eigenvalue weighted by molar-refractivity contribution is 0.589. The molecule has 9 heteroatoms. The van der Waals surface area contributed by atoms with Crippen LogP contribution < -0.4 is 20.4 Å². The van der Waals surface area contributed by atoms with Crippen LogP contribution in [0, 0.1) is 5.82 Å². The summed E-state index contributed by atoms with van der Waals surface area (Å²) in [5.41, 5.74) is 4.66. The van der Waals surface area contributed by atoms with Gasteiger partial charge in [0.15, 0.2) is 5.13 Å². The molecule has 2 saturated heterocycles. The van der Waals surface area contributed by atoms with Gasteiger partial charge in [0.1, 0.15) is 5.82 Å². The number of nitrogens with one attached hydrogen (secondary N) is 2. The lowest BCUT2D eigenvalue weighted by atomic mass is 10.1. The van der Waals surface area contributed by atoms with Crippen LogP contribution in [0.2, 0.25) is 0 Å². The number of hydrogen-bond acceptors (Lipinski definition) is 8. The van der Waals surface area contributed by atoms with Gasteiger partial charge in [-0.1, -0.05) is 11.3 Å². The minimum absolute atomic E-state index is 0.258. The van der Waals surface area contributed by atoms with Crippen molar-refractivity contribution in [3.63, 3.8) is 0 Å². The van der Waals surface area contributed by atoms with Gasteiger partial charge in [-0.05, 0) is 67.4 Å². The second kappa shape index (κ2) is 10.2. The molecule has 184 valence electrons. The summed E-state index contributed by atoms with van der Waals surface area (Å²) in [5.74, 6) is 0.274. The Morgan fingerprint density at radius 1 is 0.833 bits per heavy atom. The van der Waals surface area contributed by atoms with Gasteiger partial charge in [-0.2, -0.15) is 0 Å². The number of halogens is 1. The summed E-state index contributed by atoms with van der Waals surface area (Å²) in [6, 6.07) is 16.8. The highest BCUT2D eigenvalue weighted by molar-refractivity contribution is 7.19. The van der Waals surface area contributed by atoms with E-state index in [4.69, 9.17) is 9.97 Å². The molecular formula is C27H28FN7S. The standard InChI is InChI=1S/C27H28FN7S/c28-20-5-3-19(4-6-20)24-25(36-27(33-24)35-15-1-2-16-35)23-11-12-30-26(32-23)31-21-7-9-22(10-8-21)34-17-13-29-14-18-34/h3-12,29H,1-2,13-18H2,(H,30,31,32). The van der Waals surface area contributed by atoms with E-state index in [0.29, 0.717) is 5.95 Å². The van der Waals surface area contributed by atoms with Crippen molar-refractivity contribution in [2.45, 2.75) is 12.8 Å². The van der Waals surface area contributed by atoms with E-state index in [1.165, 1.54) is 30.7 Å². The normalized spacial score (nSPS) is 15.9. The van der Waals surface area contributed by atoms with E-state index < -0.39 is 0 Å². The van der Waals surface area contributed by atoms with Crippen LogP contribution in [-0.2, 0) is 0 Å². The minimum Gasteiger partial charge on any atom is -0.369 e. The average Bonchev–Trinajstić information content (AvgIpc) is 3.61. The molecule has 0 saturated carbocycles. The zero-order valence-electron chi connectivity index (χ0n) is 20.0.